The van der Waals surface area contributed by atoms with Gasteiger partial charge in [0.05, 0.1) is 12.6 Å². The van der Waals surface area contributed by atoms with Crippen molar-refractivity contribution in [1.82, 2.24) is 14.5 Å². The molecule has 7 heteroatoms. The van der Waals surface area contributed by atoms with Crippen LogP contribution >= 0.6 is 0 Å². The standard InChI is InChI=1S/C30H27N5O2/c1-31-28-16-29(33-18-32-28)35-17-26(22-4-3-5-23(14-22)34-30(36)20-6-7-20)25-13-10-21(15-27(25)35)19-8-11-24(37-2)12-9-19/h3-5,8-18,20H,6-7H2,1-2H3,(H,34,36)(H,31,32,33). The van der Waals surface area contributed by atoms with Gasteiger partial charge < -0.3 is 19.9 Å². The Kier molecular flexibility index (Phi) is 5.81. The van der Waals surface area contributed by atoms with E-state index in [2.05, 4.69) is 67.8 Å². The number of aromatic nitrogens is 3. The van der Waals surface area contributed by atoms with Crippen LogP contribution in [0.3, 0.4) is 0 Å². The van der Waals surface area contributed by atoms with E-state index < -0.39 is 0 Å². The Bertz CT molecular complexity index is 1600. The van der Waals surface area contributed by atoms with Crippen molar-refractivity contribution in [2.24, 2.45) is 5.92 Å². The van der Waals surface area contributed by atoms with Gasteiger partial charge in [-0.3, -0.25) is 4.79 Å². The molecule has 3 aromatic carbocycles. The van der Waals surface area contributed by atoms with E-state index in [4.69, 9.17) is 4.74 Å². The minimum Gasteiger partial charge on any atom is -0.497 e. The van der Waals surface area contributed by atoms with E-state index in [0.29, 0.717) is 0 Å². The number of ether oxygens (including phenoxy) is 1. The maximum Gasteiger partial charge on any atom is 0.227 e. The van der Waals surface area contributed by atoms with Crippen molar-refractivity contribution in [2.75, 3.05) is 24.8 Å². The normalized spacial score (nSPS) is 12.9. The summed E-state index contributed by atoms with van der Waals surface area (Å²) in [5, 5.41) is 7.26. The molecule has 7 nitrogen and oxygen atoms in total. The fourth-order valence-electron chi connectivity index (χ4n) is 4.58. The molecule has 6 rings (SSSR count). The number of hydrogen-bond donors (Lipinski definition) is 2. The first kappa shape index (κ1) is 22.8. The van der Waals surface area contributed by atoms with Crippen LogP contribution in [0.5, 0.6) is 5.75 Å². The number of nitrogens with zero attached hydrogens (tertiary/aromatic N) is 3. The Labute approximate surface area is 215 Å². The number of carbonyl (C=O) groups excluding carboxylic acids is 1. The number of methoxy groups -OCH3 is 1. The summed E-state index contributed by atoms with van der Waals surface area (Å²) in [6.45, 7) is 0. The Morgan fingerprint density at radius 3 is 2.51 bits per heavy atom. The average Bonchev–Trinajstić information content (AvgIpc) is 3.74. The molecule has 0 bridgehead atoms. The first-order valence-electron chi connectivity index (χ1n) is 12.3. The van der Waals surface area contributed by atoms with E-state index in [1.54, 1.807) is 13.4 Å². The predicted molar refractivity (Wildman–Crippen MR) is 147 cm³/mol. The molecule has 2 aromatic heterocycles. The monoisotopic (exact) mass is 489 g/mol. The minimum absolute atomic E-state index is 0.101. The molecule has 1 amide bonds. The summed E-state index contributed by atoms with van der Waals surface area (Å²) in [7, 11) is 3.51. The van der Waals surface area contributed by atoms with Crippen LogP contribution in [0.15, 0.2) is 85.3 Å². The molecule has 0 spiro atoms. The fourth-order valence-corrected chi connectivity index (χ4v) is 4.58. The zero-order chi connectivity index (χ0) is 25.4. The van der Waals surface area contributed by atoms with E-state index >= 15 is 0 Å². The average molecular weight is 490 g/mol. The third-order valence-corrected chi connectivity index (χ3v) is 6.77. The number of fused-ring (bicyclic) bond motifs is 1. The highest BCUT2D eigenvalue weighted by atomic mass is 16.5. The number of amides is 1. The number of anilines is 2. The highest BCUT2D eigenvalue weighted by molar-refractivity contribution is 6.00. The summed E-state index contributed by atoms with van der Waals surface area (Å²) in [6.07, 6.45) is 5.62. The van der Waals surface area contributed by atoms with Crippen molar-refractivity contribution < 1.29 is 9.53 Å². The van der Waals surface area contributed by atoms with Crippen LogP contribution in [-0.2, 0) is 4.79 Å². The van der Waals surface area contributed by atoms with Crippen molar-refractivity contribution in [3.05, 3.63) is 85.3 Å². The molecule has 0 saturated heterocycles. The van der Waals surface area contributed by atoms with Crippen LogP contribution in [0, 0.1) is 5.92 Å². The SMILES string of the molecule is CNc1cc(-n2cc(-c3cccc(NC(=O)C4CC4)c3)c3ccc(-c4ccc(OC)cc4)cc32)ncn1. The van der Waals surface area contributed by atoms with E-state index in [1.165, 1.54) is 0 Å². The molecule has 5 aromatic rings. The maximum absolute atomic E-state index is 12.4. The Morgan fingerprint density at radius 1 is 0.946 bits per heavy atom. The van der Waals surface area contributed by atoms with Gasteiger partial charge in [-0.2, -0.15) is 0 Å². The second-order valence-electron chi connectivity index (χ2n) is 9.23. The zero-order valence-corrected chi connectivity index (χ0v) is 20.7. The molecule has 0 unspecified atom stereocenters. The highest BCUT2D eigenvalue weighted by Gasteiger charge is 2.29. The molecule has 0 aliphatic heterocycles. The van der Waals surface area contributed by atoms with Crippen LogP contribution in [0.1, 0.15) is 12.8 Å². The minimum atomic E-state index is 0.101. The quantitative estimate of drug-likeness (QED) is 0.286. The molecule has 0 radical (unpaired) electrons. The number of nitrogens with one attached hydrogen (secondary N) is 2. The summed E-state index contributed by atoms with van der Waals surface area (Å²) in [5.41, 5.74) is 6.11. The van der Waals surface area contributed by atoms with Gasteiger partial charge in [0.25, 0.3) is 0 Å². The lowest BCUT2D eigenvalue weighted by atomic mass is 10.0. The molecule has 1 fully saturated rings. The molecule has 1 aliphatic carbocycles. The number of rotatable bonds is 7. The zero-order valence-electron chi connectivity index (χ0n) is 20.7. The lowest BCUT2D eigenvalue weighted by Gasteiger charge is -2.08. The van der Waals surface area contributed by atoms with Gasteiger partial charge in [0, 0.05) is 41.9 Å². The van der Waals surface area contributed by atoms with E-state index in [-0.39, 0.29) is 11.8 Å². The van der Waals surface area contributed by atoms with E-state index in [1.807, 2.05) is 43.4 Å². The molecule has 2 heterocycles. The van der Waals surface area contributed by atoms with Crippen molar-refractivity contribution >= 4 is 28.3 Å². The maximum atomic E-state index is 12.4. The first-order chi connectivity index (χ1) is 18.1. The Morgan fingerprint density at radius 2 is 1.76 bits per heavy atom. The molecule has 1 aliphatic rings. The van der Waals surface area contributed by atoms with Crippen LogP contribution in [0.25, 0.3) is 39.0 Å². The molecule has 37 heavy (non-hydrogen) atoms. The van der Waals surface area contributed by atoms with Crippen LogP contribution in [0.2, 0.25) is 0 Å². The molecule has 2 N–H and O–H groups in total. The summed E-state index contributed by atoms with van der Waals surface area (Å²) in [4.78, 5) is 21.2. The molecular formula is C30H27N5O2. The second kappa shape index (κ2) is 9.43. The van der Waals surface area contributed by atoms with Gasteiger partial charge in [0.15, 0.2) is 0 Å². The number of hydrogen-bond acceptors (Lipinski definition) is 5. The van der Waals surface area contributed by atoms with Gasteiger partial charge in [-0.05, 0) is 59.9 Å². The Hall–Kier alpha value is -4.65. The molecule has 1 saturated carbocycles. The van der Waals surface area contributed by atoms with Crippen molar-refractivity contribution in [1.29, 1.82) is 0 Å². The third-order valence-electron chi connectivity index (χ3n) is 6.77. The van der Waals surface area contributed by atoms with Gasteiger partial charge in [0.1, 0.15) is 23.7 Å². The van der Waals surface area contributed by atoms with E-state index in [9.17, 15) is 4.79 Å². The van der Waals surface area contributed by atoms with Crippen LogP contribution in [0.4, 0.5) is 11.5 Å². The second-order valence-corrected chi connectivity index (χ2v) is 9.23. The number of benzene rings is 3. The summed E-state index contributed by atoms with van der Waals surface area (Å²) < 4.78 is 7.42. The largest absolute Gasteiger partial charge is 0.497 e. The fraction of sp³-hybridized carbons (Fsp3) is 0.167. The topological polar surface area (TPSA) is 81.1 Å². The van der Waals surface area contributed by atoms with Gasteiger partial charge >= 0.3 is 0 Å². The molecule has 184 valence electrons. The predicted octanol–water partition coefficient (Wildman–Crippen LogP) is 6.15. The van der Waals surface area contributed by atoms with Crippen molar-refractivity contribution in [2.45, 2.75) is 12.8 Å². The van der Waals surface area contributed by atoms with Gasteiger partial charge in [0.2, 0.25) is 5.91 Å². The number of carbonyl (C=O) groups is 1. The Balaban J connectivity index is 1.48. The smallest absolute Gasteiger partial charge is 0.227 e. The van der Waals surface area contributed by atoms with Gasteiger partial charge in [-0.15, -0.1) is 0 Å². The highest BCUT2D eigenvalue weighted by Crippen LogP contribution is 2.37. The van der Waals surface area contributed by atoms with Gasteiger partial charge in [-0.25, -0.2) is 9.97 Å². The summed E-state index contributed by atoms with van der Waals surface area (Å²) >= 11 is 0. The van der Waals surface area contributed by atoms with Crippen molar-refractivity contribution in [3.63, 3.8) is 0 Å². The molecule has 0 atom stereocenters. The van der Waals surface area contributed by atoms with E-state index in [0.717, 1.165) is 69.1 Å². The lowest BCUT2D eigenvalue weighted by Crippen LogP contribution is -2.13. The van der Waals surface area contributed by atoms with Crippen LogP contribution < -0.4 is 15.4 Å². The lowest BCUT2D eigenvalue weighted by molar-refractivity contribution is -0.117. The third kappa shape index (κ3) is 4.51. The first-order valence-corrected chi connectivity index (χ1v) is 12.3. The van der Waals surface area contributed by atoms with Crippen LogP contribution in [-0.4, -0.2) is 34.6 Å². The van der Waals surface area contributed by atoms with Crippen molar-refractivity contribution in [3.8, 4) is 33.8 Å². The molecular weight excluding hydrogens is 462 g/mol. The summed E-state index contributed by atoms with van der Waals surface area (Å²) in [6, 6.07) is 24.5. The van der Waals surface area contributed by atoms with Gasteiger partial charge in [-0.1, -0.05) is 36.4 Å². The summed E-state index contributed by atoms with van der Waals surface area (Å²) in [5.74, 6) is 2.58.